The highest BCUT2D eigenvalue weighted by Crippen LogP contribution is 2.61. The van der Waals surface area contributed by atoms with Gasteiger partial charge in [0, 0.05) is 24.2 Å². The van der Waals surface area contributed by atoms with Crippen LogP contribution in [0.3, 0.4) is 0 Å². The Kier molecular flexibility index (Phi) is 4.12. The molecule has 1 N–H and O–H groups in total. The predicted molar refractivity (Wildman–Crippen MR) is 106 cm³/mol. The largest absolute Gasteiger partial charge is 0.364 e. The molecule has 8 nitrogen and oxygen atoms in total. The fraction of sp³-hybridized carbons (Fsp3) is 0.400. The number of fused-ring (bicyclic) bond motifs is 1. The van der Waals surface area contributed by atoms with Crippen LogP contribution in [-0.2, 0) is 11.3 Å². The number of hydrogen-bond acceptors (Lipinski definition) is 5. The van der Waals surface area contributed by atoms with Crippen LogP contribution in [0.25, 0.3) is 5.65 Å². The third-order valence-electron chi connectivity index (χ3n) is 6.08. The van der Waals surface area contributed by atoms with E-state index < -0.39 is 17.2 Å². The van der Waals surface area contributed by atoms with Crippen LogP contribution in [0.2, 0.25) is 0 Å². The second kappa shape index (κ2) is 6.61. The molecule has 0 bridgehead atoms. The van der Waals surface area contributed by atoms with E-state index in [1.165, 1.54) is 33.7 Å². The maximum absolute atomic E-state index is 14.5. The summed E-state index contributed by atoms with van der Waals surface area (Å²) in [6, 6.07) is 6.24. The number of alkyl halides is 2. The Labute approximate surface area is 170 Å². The Morgan fingerprint density at radius 1 is 1.13 bits per heavy atom. The lowest BCUT2D eigenvalue weighted by molar-refractivity contribution is -0.116. The zero-order valence-corrected chi connectivity index (χ0v) is 16.1. The lowest BCUT2D eigenvalue weighted by atomic mass is 9.89. The number of rotatable bonds is 4. The molecule has 0 unspecified atom stereocenters. The number of anilines is 2. The number of halogens is 2. The summed E-state index contributed by atoms with van der Waals surface area (Å²) in [5.74, 6) is -3.15. The van der Waals surface area contributed by atoms with Gasteiger partial charge in [-0.25, -0.2) is 18.3 Å². The number of hydrogen-bond donors (Lipinski definition) is 1. The molecule has 10 heteroatoms. The third kappa shape index (κ3) is 3.21. The maximum atomic E-state index is 14.5. The summed E-state index contributed by atoms with van der Waals surface area (Å²) < 4.78 is 31.8. The van der Waals surface area contributed by atoms with Crippen LogP contribution in [0.1, 0.15) is 19.3 Å². The van der Waals surface area contributed by atoms with Gasteiger partial charge < -0.3 is 14.8 Å². The minimum atomic E-state index is -2.75. The predicted octanol–water partition coefficient (Wildman–Crippen LogP) is 2.16. The molecule has 1 amide bonds. The molecule has 4 heterocycles. The second-order valence-electron chi connectivity index (χ2n) is 8.04. The van der Waals surface area contributed by atoms with Crippen LogP contribution in [0.4, 0.5) is 20.2 Å². The van der Waals surface area contributed by atoms with Crippen molar-refractivity contribution in [2.45, 2.75) is 31.7 Å². The molecule has 5 rings (SSSR count). The number of aromatic nitrogens is 4. The quantitative estimate of drug-likeness (QED) is 0.707. The number of pyridine rings is 2. The van der Waals surface area contributed by atoms with Crippen LogP contribution in [0.15, 0.2) is 47.8 Å². The Balaban J connectivity index is 1.31. The van der Waals surface area contributed by atoms with Gasteiger partial charge in [-0.05, 0) is 37.5 Å². The van der Waals surface area contributed by atoms with Crippen molar-refractivity contribution < 1.29 is 13.6 Å². The molecule has 30 heavy (non-hydrogen) atoms. The van der Waals surface area contributed by atoms with Gasteiger partial charge in [0.05, 0.1) is 24.1 Å². The van der Waals surface area contributed by atoms with Crippen molar-refractivity contribution in [2.24, 2.45) is 5.41 Å². The number of carbonyl (C=O) groups is 1. The van der Waals surface area contributed by atoms with E-state index in [0.29, 0.717) is 42.8 Å². The number of amides is 1. The summed E-state index contributed by atoms with van der Waals surface area (Å²) in [5.41, 5.74) is 0.462. The van der Waals surface area contributed by atoms with Gasteiger partial charge in [-0.1, -0.05) is 0 Å². The normalized spacial score (nSPS) is 19.2. The highest BCUT2D eigenvalue weighted by atomic mass is 19.3. The minimum absolute atomic E-state index is 0.226. The number of carbonyl (C=O) groups excluding carboxylic acids is 1. The summed E-state index contributed by atoms with van der Waals surface area (Å²) in [7, 11) is 0. The highest BCUT2D eigenvalue weighted by molar-refractivity contribution is 5.90. The Bertz CT molecular complexity index is 1180. The summed E-state index contributed by atoms with van der Waals surface area (Å²) >= 11 is 0. The first-order chi connectivity index (χ1) is 14.4. The molecular formula is C20H20F2N6O2. The fourth-order valence-corrected chi connectivity index (χ4v) is 4.08. The van der Waals surface area contributed by atoms with Crippen LogP contribution in [0, 0.1) is 5.41 Å². The molecule has 1 saturated carbocycles. The zero-order valence-electron chi connectivity index (χ0n) is 16.1. The lowest BCUT2D eigenvalue weighted by Gasteiger charge is -2.40. The second-order valence-corrected chi connectivity index (χ2v) is 8.04. The molecule has 2 fully saturated rings. The number of nitrogens with zero attached hydrogens (tertiary/aromatic N) is 5. The molecule has 156 valence electrons. The van der Waals surface area contributed by atoms with Crippen molar-refractivity contribution in [1.29, 1.82) is 0 Å². The van der Waals surface area contributed by atoms with Gasteiger partial charge in [-0.15, -0.1) is 0 Å². The smallest absolute Gasteiger partial charge is 0.270 e. The molecule has 2 aliphatic rings. The number of piperidine rings is 1. The van der Waals surface area contributed by atoms with Crippen LogP contribution in [-0.4, -0.2) is 44.1 Å². The molecule has 0 aromatic carbocycles. The van der Waals surface area contributed by atoms with Gasteiger partial charge >= 0.3 is 0 Å². The van der Waals surface area contributed by atoms with Crippen molar-refractivity contribution in [3.05, 3.63) is 53.3 Å². The molecule has 1 aliphatic carbocycles. The average molecular weight is 414 g/mol. The van der Waals surface area contributed by atoms with Crippen LogP contribution < -0.4 is 15.8 Å². The molecule has 3 aromatic rings. The van der Waals surface area contributed by atoms with E-state index in [4.69, 9.17) is 0 Å². The van der Waals surface area contributed by atoms with Crippen molar-refractivity contribution in [3.8, 4) is 0 Å². The molecule has 0 radical (unpaired) electrons. The minimum Gasteiger partial charge on any atom is -0.364 e. The number of nitrogens with one attached hydrogen (secondary N) is 1. The van der Waals surface area contributed by atoms with Gasteiger partial charge in [0.1, 0.15) is 12.9 Å². The van der Waals surface area contributed by atoms with E-state index in [2.05, 4.69) is 15.4 Å². The first kappa shape index (κ1) is 18.7. The monoisotopic (exact) mass is 414 g/mol. The van der Waals surface area contributed by atoms with E-state index in [-0.39, 0.29) is 18.6 Å². The Morgan fingerprint density at radius 2 is 1.97 bits per heavy atom. The highest BCUT2D eigenvalue weighted by Gasteiger charge is 2.63. The van der Waals surface area contributed by atoms with E-state index in [1.54, 1.807) is 23.2 Å². The molecule has 3 aromatic heterocycles. The van der Waals surface area contributed by atoms with Crippen molar-refractivity contribution >= 4 is 22.9 Å². The van der Waals surface area contributed by atoms with Gasteiger partial charge in [0.15, 0.2) is 5.65 Å². The van der Waals surface area contributed by atoms with Gasteiger partial charge in [-0.3, -0.25) is 9.59 Å². The van der Waals surface area contributed by atoms with Gasteiger partial charge in [-0.2, -0.15) is 5.10 Å². The first-order valence-corrected chi connectivity index (χ1v) is 9.78. The summed E-state index contributed by atoms with van der Waals surface area (Å²) in [6.07, 6.45) is 6.08. The van der Waals surface area contributed by atoms with Crippen molar-refractivity contribution in [3.63, 3.8) is 0 Å². The molecule has 0 atom stereocenters. The van der Waals surface area contributed by atoms with E-state index in [0.717, 1.165) is 0 Å². The van der Waals surface area contributed by atoms with Crippen LogP contribution >= 0.6 is 0 Å². The lowest BCUT2D eigenvalue weighted by Crippen LogP contribution is -2.50. The molecular weight excluding hydrogens is 394 g/mol. The van der Waals surface area contributed by atoms with Gasteiger partial charge in [0.2, 0.25) is 5.91 Å². The van der Waals surface area contributed by atoms with Crippen molar-refractivity contribution in [1.82, 2.24) is 19.2 Å². The topological polar surface area (TPSA) is 84.5 Å². The van der Waals surface area contributed by atoms with Gasteiger partial charge in [0.25, 0.3) is 11.5 Å². The Hall–Kier alpha value is -3.30. The van der Waals surface area contributed by atoms with Crippen LogP contribution in [0.5, 0.6) is 0 Å². The summed E-state index contributed by atoms with van der Waals surface area (Å²) in [6.45, 7) is -0.0799. The van der Waals surface area contributed by atoms with E-state index in [9.17, 15) is 18.4 Å². The maximum Gasteiger partial charge on any atom is 0.270 e. The first-order valence-electron chi connectivity index (χ1n) is 9.78. The fourth-order valence-electron chi connectivity index (χ4n) is 4.08. The SMILES string of the molecule is O=C(Cn1cc(N2CCC3(CC3)C(F)(F)C2)ccc1=O)Nc1ccc2ncnn2c1. The average Bonchev–Trinajstić information content (AvgIpc) is 3.35. The Morgan fingerprint density at radius 3 is 2.73 bits per heavy atom. The standard InChI is InChI=1S/C20H20F2N6O2/c21-20(22)12-26(8-7-19(20)5-6-19)15-2-4-18(30)27(10-15)11-17(29)25-14-1-3-16-23-13-24-28(16)9-14/h1-4,9-10,13H,5-8,11-12H2,(H,25,29). The van der Waals surface area contributed by atoms with E-state index in [1.807, 2.05) is 0 Å². The molecule has 1 spiro atoms. The molecule has 1 saturated heterocycles. The summed E-state index contributed by atoms with van der Waals surface area (Å²) in [5, 5.41) is 6.72. The third-order valence-corrected chi connectivity index (χ3v) is 6.08. The molecule has 1 aliphatic heterocycles. The van der Waals surface area contributed by atoms with E-state index >= 15 is 0 Å². The zero-order chi connectivity index (χ0) is 20.9. The summed E-state index contributed by atoms with van der Waals surface area (Å²) in [4.78, 5) is 30.3. The van der Waals surface area contributed by atoms with Crippen molar-refractivity contribution in [2.75, 3.05) is 23.3 Å².